The molecule has 1 aromatic carbocycles. The molecule has 7 heteroatoms. The topological polar surface area (TPSA) is 54.4 Å². The lowest BCUT2D eigenvalue weighted by Crippen LogP contribution is -2.47. The van der Waals surface area contributed by atoms with E-state index in [9.17, 15) is 0 Å². The van der Waals surface area contributed by atoms with Crippen LogP contribution in [0, 0.1) is 0 Å². The van der Waals surface area contributed by atoms with Crippen LogP contribution in [-0.4, -0.2) is 59.2 Å². The first kappa shape index (κ1) is 17.0. The number of nitrogens with zero attached hydrogens (tertiary/aromatic N) is 5. The molecule has 5 rings (SSSR count). The third kappa shape index (κ3) is 3.31. The summed E-state index contributed by atoms with van der Waals surface area (Å²) in [5.41, 5.74) is 5.55. The lowest BCUT2D eigenvalue weighted by molar-refractivity contribution is 0.00815. The fourth-order valence-corrected chi connectivity index (χ4v) is 4.45. The summed E-state index contributed by atoms with van der Waals surface area (Å²) in [4.78, 5) is 18.5. The first-order chi connectivity index (χ1) is 13.3. The van der Waals surface area contributed by atoms with Gasteiger partial charge in [0, 0.05) is 50.5 Å². The largest absolute Gasteiger partial charge is 0.380 e. The molecule has 0 bridgehead atoms. The number of benzene rings is 1. The van der Waals surface area contributed by atoms with Gasteiger partial charge in [-0.25, -0.2) is 15.0 Å². The van der Waals surface area contributed by atoms with Gasteiger partial charge in [0.25, 0.3) is 0 Å². The Kier molecular flexibility index (Phi) is 4.51. The van der Waals surface area contributed by atoms with Gasteiger partial charge in [-0.05, 0) is 30.2 Å². The van der Waals surface area contributed by atoms with Crippen LogP contribution >= 0.6 is 11.3 Å². The van der Waals surface area contributed by atoms with Gasteiger partial charge in [0.15, 0.2) is 0 Å². The summed E-state index contributed by atoms with van der Waals surface area (Å²) in [7, 11) is 0. The van der Waals surface area contributed by atoms with E-state index in [1.807, 2.05) is 17.9 Å². The van der Waals surface area contributed by atoms with E-state index in [1.54, 1.807) is 11.3 Å². The number of ether oxygens (including phenoxy) is 1. The number of piperazine rings is 1. The third-order valence-electron chi connectivity index (χ3n) is 5.75. The first-order valence-electron chi connectivity index (χ1n) is 9.50. The molecule has 1 atom stereocenters. The number of fused-ring (bicyclic) bond motifs is 1. The molecule has 0 amide bonds. The number of hydrogen-bond acceptors (Lipinski definition) is 7. The van der Waals surface area contributed by atoms with Crippen molar-refractivity contribution in [1.82, 2.24) is 19.9 Å². The highest BCUT2D eigenvalue weighted by molar-refractivity contribution is 7.16. The lowest BCUT2D eigenvalue weighted by atomic mass is 10.0. The van der Waals surface area contributed by atoms with Gasteiger partial charge in [0.05, 0.1) is 28.9 Å². The maximum Gasteiger partial charge on any atom is 0.225 e. The molecule has 3 aromatic rings. The van der Waals surface area contributed by atoms with Gasteiger partial charge in [0.1, 0.15) is 0 Å². The van der Waals surface area contributed by atoms with E-state index in [2.05, 4.69) is 49.9 Å². The molecule has 0 saturated carbocycles. The molecule has 0 spiro atoms. The average Bonchev–Trinajstić information content (AvgIpc) is 3.15. The molecule has 2 saturated heterocycles. The quantitative estimate of drug-likeness (QED) is 0.692. The number of thiazole rings is 1. The molecule has 2 aromatic heterocycles. The molecule has 0 aliphatic carbocycles. The molecule has 1 unspecified atom stereocenters. The summed E-state index contributed by atoms with van der Waals surface area (Å²) in [6.45, 7) is 7.81. The fourth-order valence-electron chi connectivity index (χ4n) is 3.79. The summed E-state index contributed by atoms with van der Waals surface area (Å²) in [5, 5.41) is 0. The fraction of sp³-hybridized carbons (Fsp3) is 0.450. The van der Waals surface area contributed by atoms with Gasteiger partial charge < -0.3 is 9.64 Å². The molecule has 6 nitrogen and oxygen atoms in total. The zero-order chi connectivity index (χ0) is 18.2. The van der Waals surface area contributed by atoms with Crippen LogP contribution < -0.4 is 4.90 Å². The van der Waals surface area contributed by atoms with Crippen LogP contribution in [0.5, 0.6) is 0 Å². The minimum atomic E-state index is 0.389. The SMILES string of the molecule is CC(c1ccc2scnc2c1)N1CCN(c2ncc(C3COC3)cn2)CC1. The predicted octanol–water partition coefficient (Wildman–Crippen LogP) is 3.08. The van der Waals surface area contributed by atoms with Crippen LogP contribution in [0.15, 0.2) is 36.1 Å². The number of aromatic nitrogens is 3. The molecule has 140 valence electrons. The van der Waals surface area contributed by atoms with Gasteiger partial charge in [-0.15, -0.1) is 11.3 Å². The smallest absolute Gasteiger partial charge is 0.225 e. The standard InChI is InChI=1S/C20H23N5OS/c1-14(15-2-3-19-18(8-15)23-13-27-19)24-4-6-25(7-5-24)20-21-9-16(10-22-20)17-11-26-12-17/h2-3,8-10,13-14,17H,4-7,11-12H2,1H3. The Hall–Kier alpha value is -2.09. The average molecular weight is 382 g/mol. The Bertz CT molecular complexity index is 916. The predicted molar refractivity (Wildman–Crippen MR) is 107 cm³/mol. The van der Waals surface area contributed by atoms with E-state index < -0.39 is 0 Å². The van der Waals surface area contributed by atoms with Crippen LogP contribution in [0.2, 0.25) is 0 Å². The van der Waals surface area contributed by atoms with Crippen LogP contribution in [0.25, 0.3) is 10.2 Å². The van der Waals surface area contributed by atoms with Gasteiger partial charge in [-0.1, -0.05) is 6.07 Å². The van der Waals surface area contributed by atoms with E-state index in [0.717, 1.165) is 50.9 Å². The minimum absolute atomic E-state index is 0.389. The van der Waals surface area contributed by atoms with Gasteiger partial charge in [-0.2, -0.15) is 0 Å². The molecule has 0 N–H and O–H groups in total. The van der Waals surface area contributed by atoms with E-state index in [0.29, 0.717) is 12.0 Å². The van der Waals surface area contributed by atoms with Gasteiger partial charge in [0.2, 0.25) is 5.95 Å². The summed E-state index contributed by atoms with van der Waals surface area (Å²) in [6.07, 6.45) is 3.93. The second kappa shape index (κ2) is 7.14. The molecule has 2 aliphatic rings. The van der Waals surface area contributed by atoms with E-state index in [4.69, 9.17) is 4.74 Å². The summed E-state index contributed by atoms with van der Waals surface area (Å²) in [6, 6.07) is 7.05. The molecular weight excluding hydrogens is 358 g/mol. The Morgan fingerprint density at radius 3 is 2.56 bits per heavy atom. The van der Waals surface area contributed by atoms with Crippen LogP contribution in [-0.2, 0) is 4.74 Å². The van der Waals surface area contributed by atoms with E-state index in [1.165, 1.54) is 15.8 Å². The number of hydrogen-bond donors (Lipinski definition) is 0. The molecule has 2 fully saturated rings. The monoisotopic (exact) mass is 381 g/mol. The maximum absolute atomic E-state index is 5.25. The maximum atomic E-state index is 5.25. The minimum Gasteiger partial charge on any atom is -0.380 e. The van der Waals surface area contributed by atoms with Crippen molar-refractivity contribution in [3.8, 4) is 0 Å². The Balaban J connectivity index is 1.22. The molecule has 4 heterocycles. The Morgan fingerprint density at radius 2 is 1.85 bits per heavy atom. The second-order valence-electron chi connectivity index (χ2n) is 7.33. The van der Waals surface area contributed by atoms with Crippen molar-refractivity contribution in [2.75, 3.05) is 44.3 Å². The van der Waals surface area contributed by atoms with Crippen molar-refractivity contribution in [2.24, 2.45) is 0 Å². The molecule has 2 aliphatic heterocycles. The summed E-state index contributed by atoms with van der Waals surface area (Å²) >= 11 is 1.70. The zero-order valence-corrected chi connectivity index (χ0v) is 16.2. The third-order valence-corrected chi connectivity index (χ3v) is 6.56. The van der Waals surface area contributed by atoms with Crippen molar-refractivity contribution in [3.05, 3.63) is 47.2 Å². The van der Waals surface area contributed by atoms with Gasteiger partial charge in [-0.3, -0.25) is 4.90 Å². The van der Waals surface area contributed by atoms with Crippen molar-refractivity contribution in [2.45, 2.75) is 18.9 Å². The normalized spacial score (nSPS) is 20.0. The highest BCUT2D eigenvalue weighted by Crippen LogP contribution is 2.27. The zero-order valence-electron chi connectivity index (χ0n) is 15.4. The van der Waals surface area contributed by atoms with Gasteiger partial charge >= 0.3 is 0 Å². The highest BCUT2D eigenvalue weighted by atomic mass is 32.1. The Morgan fingerprint density at radius 1 is 1.07 bits per heavy atom. The van der Waals surface area contributed by atoms with Crippen molar-refractivity contribution >= 4 is 27.5 Å². The summed E-state index contributed by atoms with van der Waals surface area (Å²) < 4.78 is 6.51. The Labute approximate surface area is 162 Å². The number of anilines is 1. The van der Waals surface area contributed by atoms with Crippen LogP contribution in [0.4, 0.5) is 5.95 Å². The highest BCUT2D eigenvalue weighted by Gasteiger charge is 2.25. The first-order valence-corrected chi connectivity index (χ1v) is 10.4. The number of rotatable bonds is 4. The summed E-state index contributed by atoms with van der Waals surface area (Å²) in [5.74, 6) is 1.32. The lowest BCUT2D eigenvalue weighted by Gasteiger charge is -2.38. The van der Waals surface area contributed by atoms with E-state index in [-0.39, 0.29) is 0 Å². The molecule has 0 radical (unpaired) electrons. The van der Waals surface area contributed by atoms with Crippen LogP contribution in [0.1, 0.15) is 30.0 Å². The van der Waals surface area contributed by atoms with Crippen molar-refractivity contribution in [3.63, 3.8) is 0 Å². The van der Waals surface area contributed by atoms with Crippen molar-refractivity contribution < 1.29 is 4.74 Å². The molecule has 27 heavy (non-hydrogen) atoms. The second-order valence-corrected chi connectivity index (χ2v) is 8.22. The molecular formula is C20H23N5OS. The van der Waals surface area contributed by atoms with Crippen molar-refractivity contribution in [1.29, 1.82) is 0 Å². The van der Waals surface area contributed by atoms with Crippen LogP contribution in [0.3, 0.4) is 0 Å². The van der Waals surface area contributed by atoms with E-state index >= 15 is 0 Å².